The van der Waals surface area contributed by atoms with Crippen molar-refractivity contribution in [3.05, 3.63) is 62.9 Å². The van der Waals surface area contributed by atoms with Crippen molar-refractivity contribution in [2.24, 2.45) is 0 Å². The molecule has 1 heterocycles. The van der Waals surface area contributed by atoms with E-state index in [1.165, 1.54) is 0 Å². The second kappa shape index (κ2) is 5.52. The maximum atomic E-state index is 12.3. The van der Waals surface area contributed by atoms with Crippen molar-refractivity contribution < 1.29 is 9.21 Å². The molecule has 0 saturated heterocycles. The van der Waals surface area contributed by atoms with E-state index in [4.69, 9.17) is 4.42 Å². The second-order valence-electron chi connectivity index (χ2n) is 5.07. The van der Waals surface area contributed by atoms with Crippen LogP contribution in [-0.2, 0) is 0 Å². The number of fused-ring (bicyclic) bond motifs is 1. The fraction of sp³-hybridized carbons (Fsp3) is 0.118. The summed E-state index contributed by atoms with van der Waals surface area (Å²) in [5, 5.41) is 3.83. The minimum absolute atomic E-state index is 0.229. The number of benzene rings is 2. The van der Waals surface area contributed by atoms with Crippen LogP contribution in [-0.4, -0.2) is 5.91 Å². The fourth-order valence-electron chi connectivity index (χ4n) is 2.20. The van der Waals surface area contributed by atoms with Gasteiger partial charge in [-0.3, -0.25) is 4.79 Å². The second-order valence-corrected chi connectivity index (χ2v) is 6.31. The minimum Gasteiger partial charge on any atom is -0.451 e. The van der Waals surface area contributed by atoms with E-state index in [1.807, 2.05) is 50.2 Å². The summed E-state index contributed by atoms with van der Waals surface area (Å²) in [6.45, 7) is 3.97. The van der Waals surface area contributed by atoms with Crippen molar-refractivity contribution >= 4 is 45.2 Å². The molecule has 1 N–H and O–H groups in total. The average Bonchev–Trinajstić information content (AvgIpc) is 2.85. The molecule has 21 heavy (non-hydrogen) atoms. The molecule has 0 unspecified atom stereocenters. The van der Waals surface area contributed by atoms with Gasteiger partial charge in [-0.15, -0.1) is 0 Å². The summed E-state index contributed by atoms with van der Waals surface area (Å²) in [4.78, 5) is 12.3. The van der Waals surface area contributed by atoms with Gasteiger partial charge < -0.3 is 9.73 Å². The van der Waals surface area contributed by atoms with Crippen molar-refractivity contribution in [3.63, 3.8) is 0 Å². The Labute approximate surface area is 136 Å². The van der Waals surface area contributed by atoms with Crippen molar-refractivity contribution in [2.45, 2.75) is 13.8 Å². The molecule has 0 spiro atoms. The summed E-state index contributed by atoms with van der Waals surface area (Å²) < 4.78 is 6.77. The number of rotatable bonds is 2. The van der Waals surface area contributed by atoms with Crippen LogP contribution < -0.4 is 5.32 Å². The first kappa shape index (κ1) is 14.1. The van der Waals surface area contributed by atoms with Gasteiger partial charge in [0.2, 0.25) is 0 Å². The number of aryl methyl sites for hydroxylation is 2. The highest BCUT2D eigenvalue weighted by atomic mass is 127. The van der Waals surface area contributed by atoms with E-state index in [1.54, 1.807) is 6.07 Å². The molecular formula is C17H14INO2. The molecule has 0 atom stereocenters. The number of nitrogens with one attached hydrogen (secondary N) is 1. The van der Waals surface area contributed by atoms with Gasteiger partial charge >= 0.3 is 0 Å². The molecule has 0 radical (unpaired) electrons. The zero-order chi connectivity index (χ0) is 15.0. The van der Waals surface area contributed by atoms with Crippen LogP contribution in [0.4, 0.5) is 5.69 Å². The van der Waals surface area contributed by atoms with Crippen LogP contribution in [0.1, 0.15) is 21.7 Å². The van der Waals surface area contributed by atoms with Gasteiger partial charge in [0.1, 0.15) is 5.58 Å². The highest BCUT2D eigenvalue weighted by Crippen LogP contribution is 2.23. The summed E-state index contributed by atoms with van der Waals surface area (Å²) >= 11 is 2.25. The Hall–Kier alpha value is -1.82. The quantitative estimate of drug-likeness (QED) is 0.631. The third kappa shape index (κ3) is 2.95. The number of carbonyl (C=O) groups is 1. The first-order chi connectivity index (χ1) is 10.0. The fourth-order valence-corrected chi connectivity index (χ4v) is 2.85. The molecule has 0 aliphatic rings. The number of halogens is 1. The normalized spacial score (nSPS) is 10.8. The van der Waals surface area contributed by atoms with E-state index < -0.39 is 0 Å². The van der Waals surface area contributed by atoms with E-state index in [-0.39, 0.29) is 5.91 Å². The third-order valence-corrected chi connectivity index (χ3v) is 4.01. The molecule has 3 rings (SSSR count). The topological polar surface area (TPSA) is 42.2 Å². The molecule has 1 amide bonds. The van der Waals surface area contributed by atoms with Crippen LogP contribution in [0.5, 0.6) is 0 Å². The summed E-state index contributed by atoms with van der Waals surface area (Å²) in [5.74, 6) is 0.0988. The third-order valence-electron chi connectivity index (χ3n) is 3.34. The van der Waals surface area contributed by atoms with Crippen LogP contribution in [0.25, 0.3) is 11.0 Å². The highest BCUT2D eigenvalue weighted by molar-refractivity contribution is 14.1. The van der Waals surface area contributed by atoms with Crippen molar-refractivity contribution in [1.82, 2.24) is 0 Å². The van der Waals surface area contributed by atoms with Gasteiger partial charge in [0.25, 0.3) is 5.91 Å². The lowest BCUT2D eigenvalue weighted by atomic mass is 10.2. The first-order valence-corrected chi connectivity index (χ1v) is 7.68. The highest BCUT2D eigenvalue weighted by Gasteiger charge is 2.13. The van der Waals surface area contributed by atoms with Crippen LogP contribution in [0.2, 0.25) is 0 Å². The van der Waals surface area contributed by atoms with Gasteiger partial charge in [0.05, 0.1) is 0 Å². The summed E-state index contributed by atoms with van der Waals surface area (Å²) in [6, 6.07) is 13.6. The van der Waals surface area contributed by atoms with Crippen LogP contribution in [0, 0.1) is 17.4 Å². The van der Waals surface area contributed by atoms with Gasteiger partial charge in [-0.1, -0.05) is 12.1 Å². The molecule has 2 aromatic carbocycles. The molecule has 0 bridgehead atoms. The van der Waals surface area contributed by atoms with Crippen LogP contribution in [0.15, 0.2) is 46.9 Å². The molecule has 0 aliphatic heterocycles. The van der Waals surface area contributed by atoms with Crippen molar-refractivity contribution in [1.29, 1.82) is 0 Å². The zero-order valence-electron chi connectivity index (χ0n) is 11.7. The number of furan rings is 1. The Morgan fingerprint density at radius 1 is 1.10 bits per heavy atom. The Balaban J connectivity index is 1.89. The van der Waals surface area contributed by atoms with E-state index in [9.17, 15) is 4.79 Å². The summed E-state index contributed by atoms with van der Waals surface area (Å²) in [7, 11) is 0. The maximum absolute atomic E-state index is 12.3. The van der Waals surface area contributed by atoms with Gasteiger partial charge in [-0.05, 0) is 77.9 Å². The summed E-state index contributed by atoms with van der Waals surface area (Å²) in [6.07, 6.45) is 0. The lowest BCUT2D eigenvalue weighted by Crippen LogP contribution is -2.11. The molecule has 3 aromatic rings. The Bertz CT molecular complexity index is 836. The largest absolute Gasteiger partial charge is 0.451 e. The predicted molar refractivity (Wildman–Crippen MR) is 92.8 cm³/mol. The molecular weight excluding hydrogens is 377 g/mol. The number of carbonyl (C=O) groups excluding carboxylic acids is 1. The lowest BCUT2D eigenvalue weighted by Gasteiger charge is -2.07. The maximum Gasteiger partial charge on any atom is 0.291 e. The SMILES string of the molecule is Cc1ccc2cc(C(=O)Nc3ccc(I)cc3C)oc2c1. The lowest BCUT2D eigenvalue weighted by molar-refractivity contribution is 0.0998. The number of amides is 1. The first-order valence-electron chi connectivity index (χ1n) is 6.60. The Kier molecular flexibility index (Phi) is 3.71. The van der Waals surface area contributed by atoms with Crippen LogP contribution >= 0.6 is 22.6 Å². The molecule has 3 nitrogen and oxygen atoms in total. The molecule has 4 heteroatoms. The van der Waals surface area contributed by atoms with Crippen molar-refractivity contribution in [2.75, 3.05) is 5.32 Å². The number of hydrogen-bond acceptors (Lipinski definition) is 2. The smallest absolute Gasteiger partial charge is 0.291 e. The van der Waals surface area contributed by atoms with Crippen LogP contribution in [0.3, 0.4) is 0 Å². The molecule has 1 aromatic heterocycles. The van der Waals surface area contributed by atoms with E-state index >= 15 is 0 Å². The van der Waals surface area contributed by atoms with E-state index in [0.717, 1.165) is 31.4 Å². The molecule has 106 valence electrons. The van der Waals surface area contributed by atoms with E-state index in [0.29, 0.717) is 5.76 Å². The Morgan fingerprint density at radius 2 is 1.90 bits per heavy atom. The molecule has 0 saturated carbocycles. The van der Waals surface area contributed by atoms with Crippen molar-refractivity contribution in [3.8, 4) is 0 Å². The van der Waals surface area contributed by atoms with Gasteiger partial charge in [-0.2, -0.15) is 0 Å². The average molecular weight is 391 g/mol. The minimum atomic E-state index is -0.229. The standard InChI is InChI=1S/C17H14INO2/c1-10-3-4-12-9-16(21-15(12)7-10)17(20)19-14-6-5-13(18)8-11(14)2/h3-9H,1-2H3,(H,19,20). The van der Waals surface area contributed by atoms with Gasteiger partial charge in [0, 0.05) is 14.6 Å². The van der Waals surface area contributed by atoms with Gasteiger partial charge in [0.15, 0.2) is 5.76 Å². The Morgan fingerprint density at radius 3 is 2.67 bits per heavy atom. The number of anilines is 1. The number of hydrogen-bond donors (Lipinski definition) is 1. The summed E-state index contributed by atoms with van der Waals surface area (Å²) in [5.41, 5.74) is 3.68. The van der Waals surface area contributed by atoms with Gasteiger partial charge in [-0.25, -0.2) is 0 Å². The molecule has 0 aliphatic carbocycles. The molecule has 0 fully saturated rings. The predicted octanol–water partition coefficient (Wildman–Crippen LogP) is 4.91. The van der Waals surface area contributed by atoms with E-state index in [2.05, 4.69) is 27.9 Å². The monoisotopic (exact) mass is 391 g/mol. The zero-order valence-corrected chi connectivity index (χ0v) is 13.9.